The summed E-state index contributed by atoms with van der Waals surface area (Å²) >= 11 is 6.12. The molecule has 0 N–H and O–H groups in total. The quantitative estimate of drug-likeness (QED) is 0.758. The van der Waals surface area contributed by atoms with Gasteiger partial charge in [0.15, 0.2) is 0 Å². The van der Waals surface area contributed by atoms with E-state index in [0.717, 1.165) is 25.5 Å². The Kier molecular flexibility index (Phi) is 4.13. The van der Waals surface area contributed by atoms with E-state index >= 15 is 0 Å². The predicted octanol–water partition coefficient (Wildman–Crippen LogP) is 2.32. The van der Waals surface area contributed by atoms with E-state index in [4.69, 9.17) is 11.6 Å². The van der Waals surface area contributed by atoms with Gasteiger partial charge in [0.2, 0.25) is 0 Å². The fraction of sp³-hybridized carbons (Fsp3) is 0.667. The van der Waals surface area contributed by atoms with Crippen molar-refractivity contribution in [1.29, 1.82) is 0 Å². The largest absolute Gasteiger partial charge is 0.296 e. The van der Waals surface area contributed by atoms with Crippen LogP contribution < -0.4 is 0 Å². The maximum Gasteiger partial charge on any atom is 0.142 e. The molecule has 3 nitrogen and oxygen atoms in total. The van der Waals surface area contributed by atoms with E-state index in [9.17, 15) is 0 Å². The van der Waals surface area contributed by atoms with Gasteiger partial charge in [-0.05, 0) is 44.8 Å². The lowest BCUT2D eigenvalue weighted by molar-refractivity contribution is 0.173. The standard InChI is InChI=1S/C12H18ClN3/c1-10(13)11-3-7-16(8-4-11)9-12-14-5-2-6-15-12/h2,5-6,10-11H,3-4,7-9H2,1H3. The summed E-state index contributed by atoms with van der Waals surface area (Å²) in [6.07, 6.45) is 5.99. The number of rotatable bonds is 3. The molecule has 88 valence electrons. The van der Waals surface area contributed by atoms with Crippen molar-refractivity contribution in [3.8, 4) is 0 Å². The third-order valence-electron chi connectivity index (χ3n) is 3.27. The number of nitrogens with zero attached hydrogens (tertiary/aromatic N) is 3. The van der Waals surface area contributed by atoms with Gasteiger partial charge < -0.3 is 0 Å². The van der Waals surface area contributed by atoms with Crippen LogP contribution in [0.2, 0.25) is 0 Å². The van der Waals surface area contributed by atoms with Crippen LogP contribution in [0.5, 0.6) is 0 Å². The lowest BCUT2D eigenvalue weighted by atomic mass is 9.94. The Bertz CT molecular complexity index is 307. The molecule has 1 aromatic heterocycles. The third-order valence-corrected chi connectivity index (χ3v) is 3.62. The van der Waals surface area contributed by atoms with E-state index in [1.807, 2.05) is 6.07 Å². The highest BCUT2D eigenvalue weighted by atomic mass is 35.5. The van der Waals surface area contributed by atoms with E-state index in [0.29, 0.717) is 11.3 Å². The molecule has 1 fully saturated rings. The average molecular weight is 240 g/mol. The molecule has 2 rings (SSSR count). The van der Waals surface area contributed by atoms with Gasteiger partial charge in [-0.25, -0.2) is 9.97 Å². The van der Waals surface area contributed by atoms with Crippen LogP contribution in [-0.2, 0) is 6.54 Å². The summed E-state index contributed by atoms with van der Waals surface area (Å²) in [5.41, 5.74) is 0. The summed E-state index contributed by atoms with van der Waals surface area (Å²) in [5, 5.41) is 0.301. The number of hydrogen-bond donors (Lipinski definition) is 0. The van der Waals surface area contributed by atoms with Crippen LogP contribution in [0.25, 0.3) is 0 Å². The molecule has 2 heterocycles. The SMILES string of the molecule is CC(Cl)C1CCN(Cc2ncccn2)CC1. The number of hydrogen-bond acceptors (Lipinski definition) is 3. The van der Waals surface area contributed by atoms with Crippen LogP contribution in [0.3, 0.4) is 0 Å². The third kappa shape index (κ3) is 3.16. The van der Waals surface area contributed by atoms with Gasteiger partial charge in [-0.15, -0.1) is 11.6 Å². The van der Waals surface area contributed by atoms with E-state index in [2.05, 4.69) is 21.8 Å². The van der Waals surface area contributed by atoms with Crippen molar-refractivity contribution < 1.29 is 0 Å². The zero-order valence-electron chi connectivity index (χ0n) is 9.64. The van der Waals surface area contributed by atoms with Gasteiger partial charge in [0, 0.05) is 17.8 Å². The summed E-state index contributed by atoms with van der Waals surface area (Å²) in [4.78, 5) is 10.9. The summed E-state index contributed by atoms with van der Waals surface area (Å²) in [5.74, 6) is 1.59. The molecule has 1 unspecified atom stereocenters. The van der Waals surface area contributed by atoms with Gasteiger partial charge in [-0.1, -0.05) is 0 Å². The van der Waals surface area contributed by atoms with Crippen molar-refractivity contribution in [2.75, 3.05) is 13.1 Å². The second-order valence-corrected chi connectivity index (χ2v) is 5.14. The van der Waals surface area contributed by atoms with Gasteiger partial charge in [0.1, 0.15) is 5.82 Å². The van der Waals surface area contributed by atoms with E-state index in [1.54, 1.807) is 12.4 Å². The highest BCUT2D eigenvalue weighted by Gasteiger charge is 2.22. The zero-order valence-corrected chi connectivity index (χ0v) is 10.4. The first-order valence-electron chi connectivity index (χ1n) is 5.88. The number of alkyl halides is 1. The monoisotopic (exact) mass is 239 g/mol. The molecule has 0 radical (unpaired) electrons. The van der Waals surface area contributed by atoms with Crippen LogP contribution >= 0.6 is 11.6 Å². The van der Waals surface area contributed by atoms with Gasteiger partial charge in [-0.3, -0.25) is 4.90 Å². The number of piperidine rings is 1. The average Bonchev–Trinajstić information content (AvgIpc) is 2.31. The number of likely N-dealkylation sites (tertiary alicyclic amines) is 1. The Balaban J connectivity index is 1.82. The lowest BCUT2D eigenvalue weighted by Gasteiger charge is -2.32. The molecule has 1 aliphatic rings. The second-order valence-electron chi connectivity index (χ2n) is 4.46. The molecule has 16 heavy (non-hydrogen) atoms. The molecular weight excluding hydrogens is 222 g/mol. The summed E-state index contributed by atoms with van der Waals surface area (Å²) in [6, 6.07) is 1.85. The zero-order chi connectivity index (χ0) is 11.4. The smallest absolute Gasteiger partial charge is 0.142 e. The summed E-state index contributed by atoms with van der Waals surface area (Å²) < 4.78 is 0. The molecular formula is C12H18ClN3. The molecule has 0 bridgehead atoms. The predicted molar refractivity (Wildman–Crippen MR) is 65.3 cm³/mol. The van der Waals surface area contributed by atoms with Gasteiger partial charge in [0.05, 0.1) is 6.54 Å². The molecule has 4 heteroatoms. The second kappa shape index (κ2) is 5.60. The highest BCUT2D eigenvalue weighted by molar-refractivity contribution is 6.20. The van der Waals surface area contributed by atoms with Gasteiger partial charge in [-0.2, -0.15) is 0 Å². The normalized spacial score (nSPS) is 20.9. The fourth-order valence-corrected chi connectivity index (χ4v) is 2.43. The van der Waals surface area contributed by atoms with Crippen LogP contribution in [-0.4, -0.2) is 33.3 Å². The van der Waals surface area contributed by atoms with E-state index < -0.39 is 0 Å². The fourth-order valence-electron chi connectivity index (χ4n) is 2.18. The van der Waals surface area contributed by atoms with Crippen molar-refractivity contribution >= 4 is 11.6 Å². The molecule has 0 saturated carbocycles. The summed E-state index contributed by atoms with van der Waals surface area (Å²) in [7, 11) is 0. The number of aromatic nitrogens is 2. The minimum atomic E-state index is 0.301. The Morgan fingerprint density at radius 3 is 2.56 bits per heavy atom. The van der Waals surface area contributed by atoms with Crippen LogP contribution in [0.15, 0.2) is 18.5 Å². The van der Waals surface area contributed by atoms with E-state index in [1.165, 1.54) is 12.8 Å². The van der Waals surface area contributed by atoms with Gasteiger partial charge in [0.25, 0.3) is 0 Å². The first-order valence-corrected chi connectivity index (χ1v) is 6.31. The molecule has 0 spiro atoms. The Morgan fingerprint density at radius 1 is 1.38 bits per heavy atom. The molecule has 1 aliphatic heterocycles. The van der Waals surface area contributed by atoms with Gasteiger partial charge >= 0.3 is 0 Å². The van der Waals surface area contributed by atoms with Crippen molar-refractivity contribution in [2.45, 2.75) is 31.7 Å². The molecule has 0 aliphatic carbocycles. The van der Waals surface area contributed by atoms with Crippen molar-refractivity contribution in [2.24, 2.45) is 5.92 Å². The Labute approximate surface area is 102 Å². The highest BCUT2D eigenvalue weighted by Crippen LogP contribution is 2.24. The minimum Gasteiger partial charge on any atom is -0.296 e. The molecule has 0 aromatic carbocycles. The summed E-state index contributed by atoms with van der Waals surface area (Å²) in [6.45, 7) is 5.19. The maximum atomic E-state index is 6.12. The number of halogens is 1. The topological polar surface area (TPSA) is 29.0 Å². The van der Waals surface area contributed by atoms with Crippen molar-refractivity contribution in [1.82, 2.24) is 14.9 Å². The lowest BCUT2D eigenvalue weighted by Crippen LogP contribution is -2.35. The molecule has 1 atom stereocenters. The Hall–Kier alpha value is -0.670. The molecule has 0 amide bonds. The van der Waals surface area contributed by atoms with Crippen LogP contribution in [0, 0.1) is 5.92 Å². The molecule has 1 aromatic rings. The van der Waals surface area contributed by atoms with Crippen molar-refractivity contribution in [3.05, 3.63) is 24.3 Å². The van der Waals surface area contributed by atoms with Crippen LogP contribution in [0.4, 0.5) is 0 Å². The Morgan fingerprint density at radius 2 is 2.00 bits per heavy atom. The van der Waals surface area contributed by atoms with Crippen LogP contribution in [0.1, 0.15) is 25.6 Å². The first-order chi connectivity index (χ1) is 7.75. The molecule has 1 saturated heterocycles. The first kappa shape index (κ1) is 11.8. The maximum absolute atomic E-state index is 6.12. The van der Waals surface area contributed by atoms with E-state index in [-0.39, 0.29) is 0 Å². The minimum absolute atomic E-state index is 0.301. The van der Waals surface area contributed by atoms with Crippen molar-refractivity contribution in [3.63, 3.8) is 0 Å².